The Morgan fingerprint density at radius 3 is 2.62 bits per heavy atom. The average Bonchev–Trinajstić information content (AvgIpc) is 2.79. The number of carbonyl (C=O) groups excluding carboxylic acids is 1. The second-order valence-corrected chi connectivity index (χ2v) is 8.52. The van der Waals surface area contributed by atoms with Crippen LogP contribution in [-0.2, 0) is 20.9 Å². The van der Waals surface area contributed by atoms with Gasteiger partial charge in [-0.3, -0.25) is 0 Å². The van der Waals surface area contributed by atoms with Crippen molar-refractivity contribution in [1.82, 2.24) is 0 Å². The molecule has 9 heteroatoms. The van der Waals surface area contributed by atoms with Gasteiger partial charge in [-0.15, -0.1) is 0 Å². The van der Waals surface area contributed by atoms with Crippen molar-refractivity contribution in [3.8, 4) is 17.6 Å². The Balaban J connectivity index is 2.08. The Morgan fingerprint density at radius 2 is 1.97 bits per heavy atom. The van der Waals surface area contributed by atoms with Gasteiger partial charge < -0.3 is 24.7 Å². The van der Waals surface area contributed by atoms with Gasteiger partial charge in [0.2, 0.25) is 5.88 Å². The van der Waals surface area contributed by atoms with E-state index in [2.05, 4.69) is 22.0 Å². The molecule has 1 atom stereocenters. The summed E-state index contributed by atoms with van der Waals surface area (Å²) in [5.41, 5.74) is 7.71. The molecule has 3 rings (SSSR count). The third kappa shape index (κ3) is 5.32. The van der Waals surface area contributed by atoms with E-state index in [0.29, 0.717) is 33.2 Å². The SMILES string of the molecule is CCOC(=O)C1=C(C)OC(N)=C(C#N)C1c1cc(Br)c(OCc2ccccc2Cl)c(OCC)c1. The lowest BCUT2D eigenvalue weighted by Crippen LogP contribution is -2.25. The molecule has 2 aromatic carbocycles. The first kappa shape index (κ1) is 25.5. The van der Waals surface area contributed by atoms with E-state index < -0.39 is 11.9 Å². The standard InChI is InChI=1S/C25H24BrClN2O5/c1-4-31-20-11-16(10-18(26)23(20)33-13-15-8-6-7-9-19(15)27)22-17(12-28)24(29)34-14(3)21(22)25(30)32-5-2/h6-11,22H,4-5,13,29H2,1-3H3. The Labute approximate surface area is 211 Å². The summed E-state index contributed by atoms with van der Waals surface area (Å²) < 4.78 is 23.2. The molecule has 0 saturated heterocycles. The second-order valence-electron chi connectivity index (χ2n) is 7.26. The fourth-order valence-electron chi connectivity index (χ4n) is 3.61. The molecule has 0 spiro atoms. The second kappa shape index (κ2) is 11.3. The van der Waals surface area contributed by atoms with Crippen molar-refractivity contribution < 1.29 is 23.7 Å². The molecule has 0 aromatic heterocycles. The Bertz CT molecular complexity index is 1200. The maximum atomic E-state index is 12.8. The van der Waals surface area contributed by atoms with Crippen molar-refractivity contribution in [3.63, 3.8) is 0 Å². The van der Waals surface area contributed by atoms with E-state index in [1.54, 1.807) is 32.0 Å². The fourth-order valence-corrected chi connectivity index (χ4v) is 4.38. The van der Waals surface area contributed by atoms with Crippen molar-refractivity contribution in [3.05, 3.63) is 79.8 Å². The molecule has 0 radical (unpaired) electrons. The molecule has 7 nitrogen and oxygen atoms in total. The molecule has 1 aliphatic heterocycles. The third-order valence-electron chi connectivity index (χ3n) is 5.10. The molecule has 0 aliphatic carbocycles. The molecule has 178 valence electrons. The Kier molecular flexibility index (Phi) is 8.48. The lowest BCUT2D eigenvalue weighted by atomic mass is 9.83. The highest BCUT2D eigenvalue weighted by Crippen LogP contribution is 2.45. The molecule has 34 heavy (non-hydrogen) atoms. The molecule has 0 amide bonds. The molecule has 1 aliphatic rings. The summed E-state index contributed by atoms with van der Waals surface area (Å²) in [6.07, 6.45) is 0. The molecule has 1 heterocycles. The number of allylic oxidation sites excluding steroid dienone is 2. The number of benzene rings is 2. The molecule has 0 saturated carbocycles. The highest BCUT2D eigenvalue weighted by Gasteiger charge is 2.37. The first-order chi connectivity index (χ1) is 16.3. The molecular formula is C25H24BrClN2O5. The monoisotopic (exact) mass is 546 g/mol. The van der Waals surface area contributed by atoms with Crippen LogP contribution in [0.2, 0.25) is 5.02 Å². The molecule has 0 bridgehead atoms. The van der Waals surface area contributed by atoms with Crippen LogP contribution in [0.5, 0.6) is 11.5 Å². The normalized spacial score (nSPS) is 15.5. The maximum absolute atomic E-state index is 12.8. The number of nitrogens with zero attached hydrogens (tertiary/aromatic N) is 1. The van der Waals surface area contributed by atoms with Gasteiger partial charge in [0.25, 0.3) is 0 Å². The van der Waals surface area contributed by atoms with E-state index >= 15 is 0 Å². The predicted octanol–water partition coefficient (Wildman–Crippen LogP) is 5.72. The number of hydrogen-bond donors (Lipinski definition) is 1. The summed E-state index contributed by atoms with van der Waals surface area (Å²) >= 11 is 9.81. The maximum Gasteiger partial charge on any atom is 0.338 e. The molecule has 0 fully saturated rings. The largest absolute Gasteiger partial charge is 0.490 e. The van der Waals surface area contributed by atoms with Crippen molar-refractivity contribution in [1.29, 1.82) is 5.26 Å². The van der Waals surface area contributed by atoms with Gasteiger partial charge in [0.1, 0.15) is 24.0 Å². The van der Waals surface area contributed by atoms with Crippen LogP contribution < -0.4 is 15.2 Å². The minimum atomic E-state index is -0.800. The number of rotatable bonds is 8. The van der Waals surface area contributed by atoms with Crippen LogP contribution in [-0.4, -0.2) is 19.2 Å². The van der Waals surface area contributed by atoms with Crippen LogP contribution in [0.4, 0.5) is 0 Å². The summed E-state index contributed by atoms with van der Waals surface area (Å²) in [5.74, 6) is -0.280. The lowest BCUT2D eigenvalue weighted by Gasteiger charge is -2.27. The summed E-state index contributed by atoms with van der Waals surface area (Å²) in [7, 11) is 0. The molecule has 2 aromatic rings. The highest BCUT2D eigenvalue weighted by molar-refractivity contribution is 9.10. The van der Waals surface area contributed by atoms with Crippen LogP contribution in [0.1, 0.15) is 37.8 Å². The zero-order chi connectivity index (χ0) is 24.8. The summed E-state index contributed by atoms with van der Waals surface area (Å²) in [6, 6.07) is 12.9. The average molecular weight is 548 g/mol. The number of esters is 1. The van der Waals surface area contributed by atoms with Crippen molar-refractivity contribution in [2.24, 2.45) is 5.73 Å². The van der Waals surface area contributed by atoms with Crippen molar-refractivity contribution in [2.45, 2.75) is 33.3 Å². The topological polar surface area (TPSA) is 104 Å². The van der Waals surface area contributed by atoms with Crippen LogP contribution in [0.25, 0.3) is 0 Å². The number of nitrogens with two attached hydrogens (primary N) is 1. The van der Waals surface area contributed by atoms with E-state index in [-0.39, 0.29) is 36.0 Å². The van der Waals surface area contributed by atoms with Gasteiger partial charge >= 0.3 is 5.97 Å². The van der Waals surface area contributed by atoms with E-state index in [1.807, 2.05) is 25.1 Å². The number of nitriles is 1. The van der Waals surface area contributed by atoms with Gasteiger partial charge in [0, 0.05) is 10.6 Å². The van der Waals surface area contributed by atoms with Gasteiger partial charge in [0.05, 0.1) is 29.2 Å². The fraction of sp³-hybridized carbons (Fsp3) is 0.280. The minimum absolute atomic E-state index is 0.0637. The predicted molar refractivity (Wildman–Crippen MR) is 131 cm³/mol. The third-order valence-corrected chi connectivity index (χ3v) is 6.05. The number of halogens is 2. The number of carbonyl (C=O) groups is 1. The van der Waals surface area contributed by atoms with Gasteiger partial charge in [-0.1, -0.05) is 29.8 Å². The van der Waals surface area contributed by atoms with Crippen LogP contribution >= 0.6 is 27.5 Å². The van der Waals surface area contributed by atoms with E-state index in [9.17, 15) is 10.1 Å². The van der Waals surface area contributed by atoms with Crippen molar-refractivity contribution in [2.75, 3.05) is 13.2 Å². The summed E-state index contributed by atoms with van der Waals surface area (Å²) in [4.78, 5) is 12.8. The highest BCUT2D eigenvalue weighted by atomic mass is 79.9. The number of hydrogen-bond acceptors (Lipinski definition) is 7. The van der Waals surface area contributed by atoms with Gasteiger partial charge in [-0.25, -0.2) is 4.79 Å². The quantitative estimate of drug-likeness (QED) is 0.421. The van der Waals surface area contributed by atoms with E-state index in [0.717, 1.165) is 5.56 Å². The first-order valence-corrected chi connectivity index (χ1v) is 11.8. The van der Waals surface area contributed by atoms with E-state index in [4.69, 9.17) is 36.3 Å². The van der Waals surface area contributed by atoms with Crippen molar-refractivity contribution >= 4 is 33.5 Å². The zero-order valence-corrected chi connectivity index (χ0v) is 21.3. The lowest BCUT2D eigenvalue weighted by molar-refractivity contribution is -0.139. The molecular weight excluding hydrogens is 524 g/mol. The summed E-state index contributed by atoms with van der Waals surface area (Å²) in [5, 5.41) is 10.4. The Morgan fingerprint density at radius 1 is 1.24 bits per heavy atom. The minimum Gasteiger partial charge on any atom is -0.490 e. The van der Waals surface area contributed by atoms with Gasteiger partial charge in [-0.05, 0) is 60.5 Å². The summed E-state index contributed by atoms with van der Waals surface area (Å²) in [6.45, 7) is 5.93. The smallest absolute Gasteiger partial charge is 0.338 e. The van der Waals surface area contributed by atoms with E-state index in [1.165, 1.54) is 0 Å². The zero-order valence-electron chi connectivity index (χ0n) is 19.0. The number of ether oxygens (including phenoxy) is 4. The van der Waals surface area contributed by atoms with Crippen LogP contribution in [0.15, 0.2) is 63.7 Å². The van der Waals surface area contributed by atoms with Gasteiger partial charge in [-0.2, -0.15) is 5.26 Å². The first-order valence-electron chi connectivity index (χ1n) is 10.6. The molecule has 1 unspecified atom stereocenters. The van der Waals surface area contributed by atoms with Gasteiger partial charge in [0.15, 0.2) is 11.5 Å². The molecule has 2 N–H and O–H groups in total. The Hall–Kier alpha value is -3.15. The van der Waals surface area contributed by atoms with Crippen LogP contribution in [0, 0.1) is 11.3 Å². The van der Waals surface area contributed by atoms with Crippen LogP contribution in [0.3, 0.4) is 0 Å².